The van der Waals surface area contributed by atoms with E-state index in [1.54, 1.807) is 0 Å². The highest BCUT2D eigenvalue weighted by molar-refractivity contribution is 5.69. The van der Waals surface area contributed by atoms with Gasteiger partial charge in [0.05, 0.1) is 7.11 Å². The van der Waals surface area contributed by atoms with Gasteiger partial charge in [-0.3, -0.25) is 4.79 Å². The van der Waals surface area contributed by atoms with Gasteiger partial charge in [-0.25, -0.2) is 0 Å². The van der Waals surface area contributed by atoms with E-state index in [0.29, 0.717) is 13.0 Å². The molecule has 1 rings (SSSR count). The maximum absolute atomic E-state index is 11.2. The van der Waals surface area contributed by atoms with Crippen molar-refractivity contribution in [3.05, 3.63) is 12.7 Å². The number of carbonyl (C=O) groups is 1. The number of nitrogens with zero attached hydrogens (tertiary/aromatic N) is 1. The molecule has 0 aliphatic carbocycles. The minimum absolute atomic E-state index is 0.0110. The fourth-order valence-corrected chi connectivity index (χ4v) is 2.43. The molecule has 0 bridgehead atoms. The first-order valence-corrected chi connectivity index (χ1v) is 5.73. The second kappa shape index (κ2) is 6.01. The highest BCUT2D eigenvalue weighted by atomic mass is 16.5. The van der Waals surface area contributed by atoms with Crippen molar-refractivity contribution < 1.29 is 14.7 Å². The summed E-state index contributed by atoms with van der Waals surface area (Å²) in [6, 6.07) is 0. The molecule has 4 nitrogen and oxygen atoms in total. The van der Waals surface area contributed by atoms with Crippen molar-refractivity contribution in [3.8, 4) is 0 Å². The van der Waals surface area contributed by atoms with Gasteiger partial charge >= 0.3 is 5.97 Å². The van der Waals surface area contributed by atoms with Crippen LogP contribution in [0.2, 0.25) is 0 Å². The van der Waals surface area contributed by atoms with Gasteiger partial charge in [0.1, 0.15) is 0 Å². The zero-order valence-electron chi connectivity index (χ0n) is 9.95. The van der Waals surface area contributed by atoms with Crippen LogP contribution in [0.1, 0.15) is 32.1 Å². The summed E-state index contributed by atoms with van der Waals surface area (Å²) < 4.78 is 4.65. The molecule has 1 aliphatic rings. The van der Waals surface area contributed by atoms with Gasteiger partial charge in [-0.05, 0) is 31.1 Å². The van der Waals surface area contributed by atoms with Gasteiger partial charge in [0, 0.05) is 19.5 Å². The summed E-state index contributed by atoms with van der Waals surface area (Å²) in [7, 11) is 1.40. The van der Waals surface area contributed by atoms with Crippen molar-refractivity contribution in [3.63, 3.8) is 0 Å². The van der Waals surface area contributed by atoms with Crippen LogP contribution in [0.15, 0.2) is 12.7 Å². The summed E-state index contributed by atoms with van der Waals surface area (Å²) in [5, 5.41) is 10.9. The number of ether oxygens (including phenoxy) is 1. The molecule has 0 aromatic heterocycles. The molecule has 1 aliphatic heterocycles. The molecular formula is C12H21NO3. The van der Waals surface area contributed by atoms with Gasteiger partial charge < -0.3 is 9.94 Å². The summed E-state index contributed by atoms with van der Waals surface area (Å²) in [5.41, 5.74) is -0.0110. The van der Waals surface area contributed by atoms with E-state index in [1.807, 2.05) is 6.08 Å². The molecule has 1 N–H and O–H groups in total. The molecule has 0 aromatic carbocycles. The summed E-state index contributed by atoms with van der Waals surface area (Å²) >= 11 is 0. The van der Waals surface area contributed by atoms with Crippen LogP contribution in [-0.2, 0) is 9.53 Å². The lowest BCUT2D eigenvalue weighted by Gasteiger charge is -2.39. The van der Waals surface area contributed by atoms with E-state index in [9.17, 15) is 10.0 Å². The lowest BCUT2D eigenvalue weighted by molar-refractivity contribution is -0.149. The Labute approximate surface area is 96.8 Å². The minimum atomic E-state index is -0.182. The molecule has 1 heterocycles. The fourth-order valence-electron chi connectivity index (χ4n) is 2.43. The highest BCUT2D eigenvalue weighted by Gasteiger charge is 2.34. The molecule has 4 heteroatoms. The van der Waals surface area contributed by atoms with Crippen molar-refractivity contribution >= 4 is 5.97 Å². The Kier molecular flexibility index (Phi) is 4.96. The largest absolute Gasteiger partial charge is 0.469 e. The Bertz CT molecular complexity index is 255. The van der Waals surface area contributed by atoms with Crippen LogP contribution in [0.25, 0.3) is 0 Å². The van der Waals surface area contributed by atoms with Crippen LogP contribution < -0.4 is 0 Å². The molecule has 1 saturated heterocycles. The van der Waals surface area contributed by atoms with Crippen molar-refractivity contribution in [2.75, 3.05) is 20.2 Å². The van der Waals surface area contributed by atoms with Gasteiger partial charge in [0.25, 0.3) is 0 Å². The SMILES string of the molecule is C=CC[C@]1(CCC(=O)OC)CCCN(O)C1. The summed E-state index contributed by atoms with van der Waals surface area (Å²) in [4.78, 5) is 11.2. The standard InChI is InChI=1S/C12H21NO3/c1-3-6-12(8-5-11(14)16-2)7-4-9-13(15)10-12/h3,15H,1,4-10H2,2H3/t12-/m1/s1. The number of hydroxylamine groups is 2. The van der Waals surface area contributed by atoms with Crippen LogP contribution in [0.4, 0.5) is 0 Å². The molecule has 1 atom stereocenters. The van der Waals surface area contributed by atoms with Gasteiger partial charge in [-0.15, -0.1) is 6.58 Å². The van der Waals surface area contributed by atoms with E-state index >= 15 is 0 Å². The predicted octanol–water partition coefficient (Wildman–Crippen LogP) is 1.99. The Morgan fingerprint density at radius 1 is 1.69 bits per heavy atom. The van der Waals surface area contributed by atoms with Crippen molar-refractivity contribution in [1.82, 2.24) is 5.06 Å². The van der Waals surface area contributed by atoms with Crippen LogP contribution in [0, 0.1) is 5.41 Å². The zero-order chi connectivity index (χ0) is 12.0. The number of piperidine rings is 1. The van der Waals surface area contributed by atoms with Crippen molar-refractivity contribution in [2.24, 2.45) is 5.41 Å². The third-order valence-corrected chi connectivity index (χ3v) is 3.31. The van der Waals surface area contributed by atoms with Crippen LogP contribution in [-0.4, -0.2) is 36.4 Å². The molecule has 0 amide bonds. The predicted molar refractivity (Wildman–Crippen MR) is 61.1 cm³/mol. The first kappa shape index (κ1) is 13.2. The summed E-state index contributed by atoms with van der Waals surface area (Å²) in [6.45, 7) is 5.10. The molecule has 92 valence electrons. The number of carbonyl (C=O) groups excluding carboxylic acids is 1. The van der Waals surface area contributed by atoms with E-state index in [4.69, 9.17) is 0 Å². The second-order valence-corrected chi connectivity index (χ2v) is 4.56. The molecule has 0 radical (unpaired) electrons. The lowest BCUT2D eigenvalue weighted by Crippen LogP contribution is -2.41. The smallest absolute Gasteiger partial charge is 0.305 e. The first-order chi connectivity index (χ1) is 7.62. The Morgan fingerprint density at radius 3 is 3.00 bits per heavy atom. The quantitative estimate of drug-likeness (QED) is 0.576. The fraction of sp³-hybridized carbons (Fsp3) is 0.750. The Hall–Kier alpha value is -0.870. The normalized spacial score (nSPS) is 26.4. The Balaban J connectivity index is 2.56. The molecule has 16 heavy (non-hydrogen) atoms. The average Bonchev–Trinajstić information content (AvgIpc) is 2.26. The molecule has 1 fully saturated rings. The number of hydrogen-bond acceptors (Lipinski definition) is 4. The van der Waals surface area contributed by atoms with Crippen LogP contribution >= 0.6 is 0 Å². The van der Waals surface area contributed by atoms with E-state index in [-0.39, 0.29) is 11.4 Å². The van der Waals surface area contributed by atoms with Crippen molar-refractivity contribution in [2.45, 2.75) is 32.1 Å². The van der Waals surface area contributed by atoms with Crippen LogP contribution in [0.3, 0.4) is 0 Å². The summed E-state index contributed by atoms with van der Waals surface area (Å²) in [5.74, 6) is -0.182. The van der Waals surface area contributed by atoms with E-state index in [2.05, 4.69) is 11.3 Å². The number of esters is 1. The molecular weight excluding hydrogens is 206 g/mol. The van der Waals surface area contributed by atoms with Crippen molar-refractivity contribution in [1.29, 1.82) is 0 Å². The highest BCUT2D eigenvalue weighted by Crippen LogP contribution is 2.37. The van der Waals surface area contributed by atoms with E-state index in [0.717, 1.165) is 32.2 Å². The first-order valence-electron chi connectivity index (χ1n) is 5.73. The third kappa shape index (κ3) is 3.61. The molecule has 0 spiro atoms. The monoisotopic (exact) mass is 227 g/mol. The minimum Gasteiger partial charge on any atom is -0.469 e. The molecule has 0 unspecified atom stereocenters. The van der Waals surface area contributed by atoms with E-state index in [1.165, 1.54) is 12.2 Å². The number of methoxy groups -OCH3 is 1. The third-order valence-electron chi connectivity index (χ3n) is 3.31. The topological polar surface area (TPSA) is 49.8 Å². The van der Waals surface area contributed by atoms with E-state index < -0.39 is 0 Å². The van der Waals surface area contributed by atoms with Gasteiger partial charge in [0.15, 0.2) is 0 Å². The number of rotatable bonds is 5. The second-order valence-electron chi connectivity index (χ2n) is 4.56. The van der Waals surface area contributed by atoms with Gasteiger partial charge in [0.2, 0.25) is 0 Å². The molecule has 0 aromatic rings. The lowest BCUT2D eigenvalue weighted by atomic mass is 9.74. The number of allylic oxidation sites excluding steroid dienone is 1. The summed E-state index contributed by atoms with van der Waals surface area (Å²) in [6.07, 6.45) is 5.87. The maximum Gasteiger partial charge on any atom is 0.305 e. The molecule has 0 saturated carbocycles. The zero-order valence-corrected chi connectivity index (χ0v) is 9.95. The van der Waals surface area contributed by atoms with Gasteiger partial charge in [-0.2, -0.15) is 5.06 Å². The maximum atomic E-state index is 11.2. The Morgan fingerprint density at radius 2 is 2.44 bits per heavy atom. The number of hydrogen-bond donors (Lipinski definition) is 1. The van der Waals surface area contributed by atoms with Crippen LogP contribution in [0.5, 0.6) is 0 Å². The average molecular weight is 227 g/mol. The van der Waals surface area contributed by atoms with Gasteiger partial charge in [-0.1, -0.05) is 6.08 Å².